The summed E-state index contributed by atoms with van der Waals surface area (Å²) in [7, 11) is -3.42. The van der Waals surface area contributed by atoms with Gasteiger partial charge in [0, 0.05) is 5.92 Å². The molecular formula is C10H19NO3S. The maximum absolute atomic E-state index is 11.5. The highest BCUT2D eigenvalue weighted by molar-refractivity contribution is 7.90. The van der Waals surface area contributed by atoms with E-state index < -0.39 is 10.0 Å². The number of hydrogen-bond donors (Lipinski definition) is 1. The minimum atomic E-state index is -3.42. The maximum atomic E-state index is 11.5. The van der Waals surface area contributed by atoms with Crippen molar-refractivity contribution in [1.82, 2.24) is 4.72 Å². The van der Waals surface area contributed by atoms with Crippen LogP contribution in [0.4, 0.5) is 0 Å². The quantitative estimate of drug-likeness (QED) is 0.774. The summed E-state index contributed by atoms with van der Waals surface area (Å²) in [6.45, 7) is 5.75. The van der Waals surface area contributed by atoms with Gasteiger partial charge >= 0.3 is 0 Å². The van der Waals surface area contributed by atoms with E-state index in [0.717, 1.165) is 12.8 Å². The molecule has 3 unspecified atom stereocenters. The Kier molecular flexibility index (Phi) is 3.76. The van der Waals surface area contributed by atoms with Crippen molar-refractivity contribution in [2.24, 2.45) is 17.8 Å². The van der Waals surface area contributed by atoms with Crippen LogP contribution in [0, 0.1) is 17.8 Å². The molecule has 1 aliphatic carbocycles. The zero-order valence-electron chi connectivity index (χ0n) is 9.49. The molecule has 88 valence electrons. The first-order valence-corrected chi connectivity index (χ1v) is 7.05. The van der Waals surface area contributed by atoms with Gasteiger partial charge in [-0.3, -0.25) is 9.52 Å². The molecule has 1 saturated carbocycles. The average molecular weight is 233 g/mol. The summed E-state index contributed by atoms with van der Waals surface area (Å²) >= 11 is 0. The van der Waals surface area contributed by atoms with Gasteiger partial charge in [-0.1, -0.05) is 27.2 Å². The minimum absolute atomic E-state index is 0.0380. The molecule has 0 aliphatic heterocycles. The maximum Gasteiger partial charge on any atom is 0.236 e. The average Bonchev–Trinajstić information content (AvgIpc) is 2.80. The first kappa shape index (κ1) is 12.5. The lowest BCUT2D eigenvalue weighted by atomic mass is 10.2. The fraction of sp³-hybridized carbons (Fsp3) is 0.900. The highest BCUT2D eigenvalue weighted by Gasteiger charge is 2.40. The van der Waals surface area contributed by atoms with Crippen molar-refractivity contribution in [3.05, 3.63) is 0 Å². The molecule has 1 N–H and O–H groups in total. The van der Waals surface area contributed by atoms with E-state index in [-0.39, 0.29) is 23.5 Å². The standard InChI is InChI=1S/C10H19NO3S/c1-4-7(2)6-15(13,14)11-10(12)9-5-8(9)3/h7-9H,4-6H2,1-3H3,(H,11,12). The first-order valence-electron chi connectivity index (χ1n) is 5.40. The summed E-state index contributed by atoms with van der Waals surface area (Å²) in [4.78, 5) is 11.4. The summed E-state index contributed by atoms with van der Waals surface area (Å²) in [6.07, 6.45) is 1.61. The van der Waals surface area contributed by atoms with Gasteiger partial charge in [0.25, 0.3) is 0 Å². The summed E-state index contributed by atoms with van der Waals surface area (Å²) in [6, 6.07) is 0. The molecular weight excluding hydrogens is 214 g/mol. The molecule has 1 amide bonds. The Labute approximate surface area is 91.5 Å². The highest BCUT2D eigenvalue weighted by Crippen LogP contribution is 2.37. The predicted molar refractivity (Wildman–Crippen MR) is 58.7 cm³/mol. The van der Waals surface area contributed by atoms with Crippen LogP contribution in [0.5, 0.6) is 0 Å². The lowest BCUT2D eigenvalue weighted by Gasteiger charge is -2.10. The van der Waals surface area contributed by atoms with Crippen molar-refractivity contribution >= 4 is 15.9 Å². The topological polar surface area (TPSA) is 63.2 Å². The van der Waals surface area contributed by atoms with Gasteiger partial charge in [-0.2, -0.15) is 0 Å². The van der Waals surface area contributed by atoms with Gasteiger partial charge in [0.1, 0.15) is 0 Å². The molecule has 0 bridgehead atoms. The Morgan fingerprint density at radius 3 is 2.47 bits per heavy atom. The number of carbonyl (C=O) groups excluding carboxylic acids is 1. The first-order chi connectivity index (χ1) is 6.85. The van der Waals surface area contributed by atoms with Crippen molar-refractivity contribution in [1.29, 1.82) is 0 Å². The van der Waals surface area contributed by atoms with Crippen molar-refractivity contribution in [2.45, 2.75) is 33.6 Å². The Morgan fingerprint density at radius 2 is 2.07 bits per heavy atom. The van der Waals surface area contributed by atoms with E-state index in [2.05, 4.69) is 4.72 Å². The molecule has 1 rings (SSSR count). The van der Waals surface area contributed by atoms with Gasteiger partial charge < -0.3 is 0 Å². The fourth-order valence-electron chi connectivity index (χ4n) is 1.45. The lowest BCUT2D eigenvalue weighted by Crippen LogP contribution is -2.35. The number of rotatable bonds is 5. The fourth-order valence-corrected chi connectivity index (χ4v) is 2.98. The minimum Gasteiger partial charge on any atom is -0.274 e. The van der Waals surface area contributed by atoms with Gasteiger partial charge in [0.2, 0.25) is 15.9 Å². The van der Waals surface area contributed by atoms with Crippen LogP contribution in [0.3, 0.4) is 0 Å². The van der Waals surface area contributed by atoms with Crippen LogP contribution in [0.25, 0.3) is 0 Å². The molecule has 3 atom stereocenters. The summed E-state index contributed by atoms with van der Waals surface area (Å²) in [5.74, 6) is 0.0503. The van der Waals surface area contributed by atoms with Crippen LogP contribution in [0.15, 0.2) is 0 Å². The molecule has 4 nitrogen and oxygen atoms in total. The Bertz CT molecular complexity index is 337. The zero-order valence-corrected chi connectivity index (χ0v) is 10.3. The van der Waals surface area contributed by atoms with E-state index in [9.17, 15) is 13.2 Å². The van der Waals surface area contributed by atoms with E-state index in [0.29, 0.717) is 5.92 Å². The third-order valence-electron chi connectivity index (χ3n) is 2.90. The third-order valence-corrected chi connectivity index (χ3v) is 4.42. The van der Waals surface area contributed by atoms with Crippen LogP contribution in [0.1, 0.15) is 33.6 Å². The van der Waals surface area contributed by atoms with Crippen LogP contribution in [-0.2, 0) is 14.8 Å². The third kappa shape index (κ3) is 3.81. The monoisotopic (exact) mass is 233 g/mol. The molecule has 0 heterocycles. The van der Waals surface area contributed by atoms with Gasteiger partial charge in [-0.05, 0) is 18.3 Å². The van der Waals surface area contributed by atoms with E-state index in [1.54, 1.807) is 0 Å². The van der Waals surface area contributed by atoms with E-state index >= 15 is 0 Å². The molecule has 1 aliphatic rings. The second kappa shape index (κ2) is 4.51. The number of amides is 1. The summed E-state index contributed by atoms with van der Waals surface area (Å²) < 4.78 is 25.2. The normalized spacial score (nSPS) is 27.1. The van der Waals surface area contributed by atoms with E-state index in [4.69, 9.17) is 0 Å². The SMILES string of the molecule is CCC(C)CS(=O)(=O)NC(=O)C1CC1C. The van der Waals surface area contributed by atoms with E-state index in [1.165, 1.54) is 0 Å². The molecule has 1 fully saturated rings. The van der Waals surface area contributed by atoms with Crippen LogP contribution >= 0.6 is 0 Å². The number of sulfonamides is 1. The zero-order chi connectivity index (χ0) is 11.6. The smallest absolute Gasteiger partial charge is 0.236 e. The van der Waals surface area contributed by atoms with Crippen molar-refractivity contribution in [3.63, 3.8) is 0 Å². The van der Waals surface area contributed by atoms with Gasteiger partial charge in [0.15, 0.2) is 0 Å². The van der Waals surface area contributed by atoms with Gasteiger partial charge in [0.05, 0.1) is 5.75 Å². The van der Waals surface area contributed by atoms with Crippen LogP contribution < -0.4 is 4.72 Å². The second-order valence-electron chi connectivity index (χ2n) is 4.58. The molecule has 0 aromatic heterocycles. The molecule has 15 heavy (non-hydrogen) atoms. The molecule has 0 aromatic carbocycles. The van der Waals surface area contributed by atoms with Crippen LogP contribution in [0.2, 0.25) is 0 Å². The molecule has 0 saturated heterocycles. The highest BCUT2D eigenvalue weighted by atomic mass is 32.2. The Hall–Kier alpha value is -0.580. The number of carbonyl (C=O) groups is 1. The van der Waals surface area contributed by atoms with Crippen molar-refractivity contribution < 1.29 is 13.2 Å². The predicted octanol–water partition coefficient (Wildman–Crippen LogP) is 1.13. The molecule has 0 radical (unpaired) electrons. The lowest BCUT2D eigenvalue weighted by molar-refractivity contribution is -0.120. The van der Waals surface area contributed by atoms with Crippen molar-refractivity contribution in [3.8, 4) is 0 Å². The van der Waals surface area contributed by atoms with Gasteiger partial charge in [-0.15, -0.1) is 0 Å². The van der Waals surface area contributed by atoms with Crippen LogP contribution in [-0.4, -0.2) is 20.1 Å². The Balaban J connectivity index is 2.45. The Morgan fingerprint density at radius 1 is 1.53 bits per heavy atom. The second-order valence-corrected chi connectivity index (χ2v) is 6.35. The molecule has 5 heteroatoms. The summed E-state index contributed by atoms with van der Waals surface area (Å²) in [5.41, 5.74) is 0. The largest absolute Gasteiger partial charge is 0.274 e. The molecule has 0 aromatic rings. The van der Waals surface area contributed by atoms with Crippen molar-refractivity contribution in [2.75, 3.05) is 5.75 Å². The van der Waals surface area contributed by atoms with Gasteiger partial charge in [-0.25, -0.2) is 8.42 Å². The van der Waals surface area contributed by atoms with E-state index in [1.807, 2.05) is 20.8 Å². The summed E-state index contributed by atoms with van der Waals surface area (Å²) in [5, 5.41) is 0. The molecule has 0 spiro atoms. The number of hydrogen-bond acceptors (Lipinski definition) is 3. The number of nitrogens with one attached hydrogen (secondary N) is 1.